The van der Waals surface area contributed by atoms with E-state index < -0.39 is 0 Å². The van der Waals surface area contributed by atoms with Crippen LogP contribution in [-0.2, 0) is 17.9 Å². The number of amides is 1. The zero-order chi connectivity index (χ0) is 12.3. The molecule has 16 heavy (non-hydrogen) atoms. The smallest absolute Gasteiger partial charge is 0.243 e. The number of carbonyl (C=O) groups excluding carboxylic acids is 1. The Hall–Kier alpha value is -1.36. The number of aromatic nitrogens is 2. The summed E-state index contributed by atoms with van der Waals surface area (Å²) in [6.45, 7) is 5.06. The van der Waals surface area contributed by atoms with Gasteiger partial charge in [0.25, 0.3) is 0 Å². The molecule has 0 saturated carbocycles. The Morgan fingerprint density at radius 2 is 2.06 bits per heavy atom. The van der Waals surface area contributed by atoms with Crippen molar-refractivity contribution in [3.63, 3.8) is 0 Å². The van der Waals surface area contributed by atoms with E-state index in [1.165, 1.54) is 5.56 Å². The molecular weight excluding hydrogens is 204 g/mol. The van der Waals surface area contributed by atoms with Gasteiger partial charge in [-0.3, -0.25) is 9.48 Å². The summed E-state index contributed by atoms with van der Waals surface area (Å²) >= 11 is 0. The predicted molar refractivity (Wildman–Crippen MR) is 63.2 cm³/mol. The van der Waals surface area contributed by atoms with E-state index in [9.17, 15) is 4.79 Å². The highest BCUT2D eigenvalue weighted by Gasteiger charge is 2.13. The van der Waals surface area contributed by atoms with E-state index in [1.54, 1.807) is 23.7 Å². The van der Waals surface area contributed by atoms with Crippen LogP contribution in [0.25, 0.3) is 0 Å². The molecule has 0 unspecified atom stereocenters. The van der Waals surface area contributed by atoms with Crippen LogP contribution in [0.15, 0.2) is 0 Å². The van der Waals surface area contributed by atoms with E-state index in [0.29, 0.717) is 6.54 Å². The molecule has 0 aliphatic rings. The lowest BCUT2D eigenvalue weighted by molar-refractivity contribution is -0.129. The third kappa shape index (κ3) is 2.61. The van der Waals surface area contributed by atoms with E-state index in [4.69, 9.17) is 0 Å². The fourth-order valence-electron chi connectivity index (χ4n) is 1.59. The van der Waals surface area contributed by atoms with Crippen molar-refractivity contribution in [1.29, 1.82) is 0 Å². The maximum atomic E-state index is 11.6. The van der Waals surface area contributed by atoms with Crippen molar-refractivity contribution < 1.29 is 4.79 Å². The molecule has 0 fully saturated rings. The summed E-state index contributed by atoms with van der Waals surface area (Å²) in [5.41, 5.74) is 3.22. The molecule has 0 aromatic carbocycles. The van der Waals surface area contributed by atoms with Gasteiger partial charge in [-0.05, 0) is 20.9 Å². The first-order valence-electron chi connectivity index (χ1n) is 5.35. The summed E-state index contributed by atoms with van der Waals surface area (Å²) in [7, 11) is 5.41. The Labute approximate surface area is 96.4 Å². The molecule has 1 aromatic heterocycles. The highest BCUT2D eigenvalue weighted by molar-refractivity contribution is 5.75. The zero-order valence-electron chi connectivity index (χ0n) is 10.7. The quantitative estimate of drug-likeness (QED) is 0.800. The third-order valence-electron chi connectivity index (χ3n) is 2.67. The number of rotatable bonds is 4. The molecule has 5 heteroatoms. The number of hydrogen-bond acceptors (Lipinski definition) is 3. The monoisotopic (exact) mass is 224 g/mol. The SMILES string of the molecule is CNCc1c(C)nn(CC(=O)N(C)C)c1C. The van der Waals surface area contributed by atoms with Crippen LogP contribution in [0.3, 0.4) is 0 Å². The first kappa shape index (κ1) is 12.7. The van der Waals surface area contributed by atoms with E-state index in [1.807, 2.05) is 20.9 Å². The second-order valence-electron chi connectivity index (χ2n) is 4.13. The van der Waals surface area contributed by atoms with Crippen molar-refractivity contribution >= 4 is 5.91 Å². The molecule has 5 nitrogen and oxygen atoms in total. The first-order valence-corrected chi connectivity index (χ1v) is 5.35. The molecule has 0 atom stereocenters. The minimum Gasteiger partial charge on any atom is -0.347 e. The zero-order valence-corrected chi connectivity index (χ0v) is 10.7. The van der Waals surface area contributed by atoms with Gasteiger partial charge in [-0.15, -0.1) is 0 Å². The van der Waals surface area contributed by atoms with Gasteiger partial charge in [-0.25, -0.2) is 0 Å². The summed E-state index contributed by atoms with van der Waals surface area (Å²) in [5, 5.41) is 7.49. The molecule has 1 rings (SSSR count). The van der Waals surface area contributed by atoms with Gasteiger partial charge in [0.1, 0.15) is 6.54 Å². The van der Waals surface area contributed by atoms with Crippen LogP contribution in [0, 0.1) is 13.8 Å². The van der Waals surface area contributed by atoms with Crippen molar-refractivity contribution in [1.82, 2.24) is 20.0 Å². The molecule has 1 N–H and O–H groups in total. The fraction of sp³-hybridized carbons (Fsp3) is 0.636. The highest BCUT2D eigenvalue weighted by atomic mass is 16.2. The van der Waals surface area contributed by atoms with Gasteiger partial charge in [0.15, 0.2) is 0 Å². The average Bonchev–Trinajstić information content (AvgIpc) is 2.46. The Kier molecular flexibility index (Phi) is 4.06. The van der Waals surface area contributed by atoms with Crippen molar-refractivity contribution in [2.24, 2.45) is 0 Å². The summed E-state index contributed by atoms with van der Waals surface area (Å²) in [6.07, 6.45) is 0. The Morgan fingerprint density at radius 1 is 1.44 bits per heavy atom. The summed E-state index contributed by atoms with van der Waals surface area (Å²) in [4.78, 5) is 13.2. The second-order valence-corrected chi connectivity index (χ2v) is 4.13. The first-order chi connectivity index (χ1) is 7.47. The lowest BCUT2D eigenvalue weighted by Crippen LogP contribution is -2.27. The molecule has 1 aromatic rings. The summed E-state index contributed by atoms with van der Waals surface area (Å²) < 4.78 is 1.77. The van der Waals surface area contributed by atoms with Gasteiger partial charge < -0.3 is 10.2 Å². The van der Waals surface area contributed by atoms with Gasteiger partial charge in [-0.2, -0.15) is 5.10 Å². The van der Waals surface area contributed by atoms with Gasteiger partial charge >= 0.3 is 0 Å². The Bertz CT molecular complexity index is 382. The predicted octanol–water partition coefficient (Wildman–Crippen LogP) is 0.308. The normalized spacial score (nSPS) is 10.6. The highest BCUT2D eigenvalue weighted by Crippen LogP contribution is 2.12. The van der Waals surface area contributed by atoms with E-state index >= 15 is 0 Å². The maximum absolute atomic E-state index is 11.6. The van der Waals surface area contributed by atoms with E-state index in [-0.39, 0.29) is 5.91 Å². The van der Waals surface area contributed by atoms with E-state index in [2.05, 4.69) is 10.4 Å². The lowest BCUT2D eigenvalue weighted by atomic mass is 10.2. The van der Waals surface area contributed by atoms with Crippen LogP contribution < -0.4 is 5.32 Å². The van der Waals surface area contributed by atoms with Crippen molar-refractivity contribution in [3.05, 3.63) is 17.0 Å². The van der Waals surface area contributed by atoms with Gasteiger partial charge in [-0.1, -0.05) is 0 Å². The largest absolute Gasteiger partial charge is 0.347 e. The number of nitrogens with zero attached hydrogens (tertiary/aromatic N) is 3. The van der Waals surface area contributed by atoms with Gasteiger partial charge in [0, 0.05) is 31.9 Å². The second kappa shape index (κ2) is 5.12. The Balaban J connectivity index is 2.90. The molecule has 90 valence electrons. The van der Waals surface area contributed by atoms with Crippen LogP contribution in [0.5, 0.6) is 0 Å². The number of hydrogen-bond donors (Lipinski definition) is 1. The number of likely N-dealkylation sites (N-methyl/N-ethyl adjacent to an activating group) is 1. The fourth-order valence-corrected chi connectivity index (χ4v) is 1.59. The maximum Gasteiger partial charge on any atom is 0.243 e. The summed E-state index contributed by atoms with van der Waals surface area (Å²) in [5.74, 6) is 0.0570. The molecule has 1 amide bonds. The number of aryl methyl sites for hydroxylation is 1. The van der Waals surface area contributed by atoms with Crippen molar-refractivity contribution in [3.8, 4) is 0 Å². The third-order valence-corrected chi connectivity index (χ3v) is 2.67. The molecular formula is C11H20N4O. The van der Waals surface area contributed by atoms with Crippen LogP contribution in [-0.4, -0.2) is 41.7 Å². The molecule has 0 spiro atoms. The average molecular weight is 224 g/mol. The molecule has 1 heterocycles. The van der Waals surface area contributed by atoms with Gasteiger partial charge in [0.05, 0.1) is 5.69 Å². The molecule has 0 aliphatic carbocycles. The summed E-state index contributed by atoms with van der Waals surface area (Å²) in [6, 6.07) is 0. The van der Waals surface area contributed by atoms with Crippen LogP contribution in [0.4, 0.5) is 0 Å². The number of nitrogens with one attached hydrogen (secondary N) is 1. The minimum absolute atomic E-state index is 0.0570. The molecule has 0 radical (unpaired) electrons. The standard InChI is InChI=1S/C11H20N4O/c1-8-10(6-12-3)9(2)15(13-8)7-11(16)14(4)5/h12H,6-7H2,1-5H3. The molecule has 0 bridgehead atoms. The Morgan fingerprint density at radius 3 is 2.56 bits per heavy atom. The van der Waals surface area contributed by atoms with Crippen molar-refractivity contribution in [2.75, 3.05) is 21.1 Å². The lowest BCUT2D eigenvalue weighted by Gasteiger charge is -2.11. The van der Waals surface area contributed by atoms with Crippen LogP contribution in [0.2, 0.25) is 0 Å². The van der Waals surface area contributed by atoms with Crippen LogP contribution >= 0.6 is 0 Å². The minimum atomic E-state index is 0.0570. The molecule has 0 aliphatic heterocycles. The van der Waals surface area contributed by atoms with Crippen LogP contribution in [0.1, 0.15) is 17.0 Å². The van der Waals surface area contributed by atoms with Crippen molar-refractivity contribution in [2.45, 2.75) is 26.9 Å². The topological polar surface area (TPSA) is 50.2 Å². The molecule has 0 saturated heterocycles. The van der Waals surface area contributed by atoms with Gasteiger partial charge in [0.2, 0.25) is 5.91 Å². The number of carbonyl (C=O) groups is 1. The van der Waals surface area contributed by atoms with E-state index in [0.717, 1.165) is 17.9 Å².